The molecular formula is C12H22N6. The molecule has 0 amide bonds. The SMILES string of the molecule is CCN1CCC(CNc2cncc(NN)n2)CC1. The highest BCUT2D eigenvalue weighted by Crippen LogP contribution is 2.17. The molecule has 1 aromatic rings. The number of hydrazine groups is 1. The first-order valence-electron chi connectivity index (χ1n) is 6.56. The molecule has 0 spiro atoms. The highest BCUT2D eigenvalue weighted by Gasteiger charge is 2.17. The van der Waals surface area contributed by atoms with Crippen molar-refractivity contribution in [1.82, 2.24) is 14.9 Å². The summed E-state index contributed by atoms with van der Waals surface area (Å²) in [6.45, 7) is 6.76. The number of anilines is 2. The van der Waals surface area contributed by atoms with Crippen molar-refractivity contribution in [2.75, 3.05) is 36.9 Å². The minimum Gasteiger partial charge on any atom is -0.368 e. The monoisotopic (exact) mass is 250 g/mol. The Morgan fingerprint density at radius 1 is 1.33 bits per heavy atom. The number of nitrogen functional groups attached to an aromatic ring is 1. The predicted octanol–water partition coefficient (Wildman–Crippen LogP) is 0.906. The summed E-state index contributed by atoms with van der Waals surface area (Å²) in [5, 5.41) is 3.33. The highest BCUT2D eigenvalue weighted by atomic mass is 15.3. The maximum atomic E-state index is 5.30. The molecule has 1 aromatic heterocycles. The van der Waals surface area contributed by atoms with Crippen LogP contribution in [-0.2, 0) is 0 Å². The second kappa shape index (κ2) is 6.51. The topological polar surface area (TPSA) is 79.1 Å². The summed E-state index contributed by atoms with van der Waals surface area (Å²) in [5.74, 6) is 7.39. The van der Waals surface area contributed by atoms with Crippen LogP contribution >= 0.6 is 0 Å². The van der Waals surface area contributed by atoms with Gasteiger partial charge in [0.25, 0.3) is 0 Å². The largest absolute Gasteiger partial charge is 0.368 e. The Hall–Kier alpha value is -1.40. The van der Waals surface area contributed by atoms with Crippen LogP contribution in [0, 0.1) is 5.92 Å². The Morgan fingerprint density at radius 2 is 2.06 bits per heavy atom. The zero-order valence-corrected chi connectivity index (χ0v) is 10.9. The van der Waals surface area contributed by atoms with Crippen molar-refractivity contribution < 1.29 is 0 Å². The summed E-state index contributed by atoms with van der Waals surface area (Å²) < 4.78 is 0. The van der Waals surface area contributed by atoms with E-state index < -0.39 is 0 Å². The van der Waals surface area contributed by atoms with Gasteiger partial charge in [-0.05, 0) is 38.4 Å². The quantitative estimate of drug-likeness (QED) is 0.532. The maximum absolute atomic E-state index is 5.30. The Morgan fingerprint density at radius 3 is 2.72 bits per heavy atom. The standard InChI is InChI=1S/C12H22N6/c1-2-18-5-3-10(4-6-18)7-15-11-8-14-9-12(16-11)17-13/h8-10H,2-7,13H2,1H3,(H2,15,16,17). The molecule has 1 fully saturated rings. The van der Waals surface area contributed by atoms with Crippen LogP contribution in [0.25, 0.3) is 0 Å². The molecule has 18 heavy (non-hydrogen) atoms. The van der Waals surface area contributed by atoms with Crippen molar-refractivity contribution in [2.24, 2.45) is 11.8 Å². The number of likely N-dealkylation sites (tertiary alicyclic amines) is 1. The van der Waals surface area contributed by atoms with Gasteiger partial charge in [0.15, 0.2) is 5.82 Å². The zero-order valence-electron chi connectivity index (χ0n) is 10.9. The molecule has 6 nitrogen and oxygen atoms in total. The van der Waals surface area contributed by atoms with Gasteiger partial charge in [0.05, 0.1) is 12.4 Å². The lowest BCUT2D eigenvalue weighted by molar-refractivity contribution is 0.198. The number of nitrogens with zero attached hydrogens (tertiary/aromatic N) is 3. The van der Waals surface area contributed by atoms with E-state index in [0.29, 0.717) is 5.82 Å². The summed E-state index contributed by atoms with van der Waals surface area (Å²) in [5.41, 5.74) is 2.50. The van der Waals surface area contributed by atoms with Crippen molar-refractivity contribution in [3.63, 3.8) is 0 Å². The summed E-state index contributed by atoms with van der Waals surface area (Å²) in [4.78, 5) is 10.9. The van der Waals surface area contributed by atoms with Crippen LogP contribution in [0.1, 0.15) is 19.8 Å². The Kier molecular flexibility index (Phi) is 4.72. The van der Waals surface area contributed by atoms with Gasteiger partial charge in [-0.2, -0.15) is 0 Å². The second-order valence-corrected chi connectivity index (χ2v) is 4.69. The fourth-order valence-electron chi connectivity index (χ4n) is 2.28. The molecule has 0 aliphatic carbocycles. The fraction of sp³-hybridized carbons (Fsp3) is 0.667. The lowest BCUT2D eigenvalue weighted by Gasteiger charge is -2.31. The van der Waals surface area contributed by atoms with E-state index in [4.69, 9.17) is 5.84 Å². The number of piperidine rings is 1. The number of hydrogen-bond acceptors (Lipinski definition) is 6. The molecule has 100 valence electrons. The molecule has 6 heteroatoms. The van der Waals surface area contributed by atoms with Gasteiger partial charge in [-0.1, -0.05) is 6.92 Å². The smallest absolute Gasteiger partial charge is 0.160 e. The van der Waals surface area contributed by atoms with Gasteiger partial charge in [-0.25, -0.2) is 10.8 Å². The number of nitrogens with two attached hydrogens (primary N) is 1. The average molecular weight is 250 g/mol. The van der Waals surface area contributed by atoms with Gasteiger partial charge in [-0.3, -0.25) is 4.98 Å². The fourth-order valence-corrected chi connectivity index (χ4v) is 2.28. The van der Waals surface area contributed by atoms with Gasteiger partial charge >= 0.3 is 0 Å². The van der Waals surface area contributed by atoms with Crippen LogP contribution in [-0.4, -0.2) is 41.0 Å². The summed E-state index contributed by atoms with van der Waals surface area (Å²) >= 11 is 0. The lowest BCUT2D eigenvalue weighted by Crippen LogP contribution is -2.35. The maximum Gasteiger partial charge on any atom is 0.160 e. The van der Waals surface area contributed by atoms with E-state index in [-0.39, 0.29) is 0 Å². The van der Waals surface area contributed by atoms with Crippen LogP contribution in [0.5, 0.6) is 0 Å². The number of aromatic nitrogens is 2. The molecule has 0 bridgehead atoms. The van der Waals surface area contributed by atoms with Crippen LogP contribution in [0.2, 0.25) is 0 Å². The zero-order chi connectivity index (χ0) is 12.8. The molecule has 0 unspecified atom stereocenters. The minimum absolute atomic E-state index is 0.584. The van der Waals surface area contributed by atoms with Gasteiger partial charge in [-0.15, -0.1) is 0 Å². The molecule has 4 N–H and O–H groups in total. The number of rotatable bonds is 5. The van der Waals surface area contributed by atoms with Crippen LogP contribution in [0.15, 0.2) is 12.4 Å². The van der Waals surface area contributed by atoms with Crippen molar-refractivity contribution >= 4 is 11.6 Å². The third kappa shape index (κ3) is 3.54. The molecule has 2 heterocycles. The minimum atomic E-state index is 0.584. The molecule has 0 saturated carbocycles. The third-order valence-corrected chi connectivity index (χ3v) is 3.51. The Labute approximate surface area is 108 Å². The molecule has 1 aliphatic heterocycles. The number of nitrogens with one attached hydrogen (secondary N) is 2. The van der Waals surface area contributed by atoms with Crippen LogP contribution < -0.4 is 16.6 Å². The van der Waals surface area contributed by atoms with E-state index in [1.807, 2.05) is 0 Å². The Balaban J connectivity index is 1.77. The van der Waals surface area contributed by atoms with Crippen LogP contribution in [0.4, 0.5) is 11.6 Å². The van der Waals surface area contributed by atoms with E-state index in [2.05, 4.69) is 32.5 Å². The molecule has 1 saturated heterocycles. The van der Waals surface area contributed by atoms with Crippen molar-refractivity contribution in [1.29, 1.82) is 0 Å². The van der Waals surface area contributed by atoms with Crippen LogP contribution in [0.3, 0.4) is 0 Å². The average Bonchev–Trinajstić information content (AvgIpc) is 2.46. The Bertz CT molecular complexity index is 361. The normalized spacial score (nSPS) is 17.7. The van der Waals surface area contributed by atoms with E-state index in [9.17, 15) is 0 Å². The molecule has 2 rings (SSSR count). The van der Waals surface area contributed by atoms with E-state index >= 15 is 0 Å². The van der Waals surface area contributed by atoms with Gasteiger partial charge in [0.1, 0.15) is 5.82 Å². The van der Waals surface area contributed by atoms with E-state index in [1.54, 1.807) is 12.4 Å². The highest BCUT2D eigenvalue weighted by molar-refractivity contribution is 5.40. The molecular weight excluding hydrogens is 228 g/mol. The predicted molar refractivity (Wildman–Crippen MR) is 73.2 cm³/mol. The molecule has 1 aliphatic rings. The third-order valence-electron chi connectivity index (χ3n) is 3.51. The first-order valence-corrected chi connectivity index (χ1v) is 6.56. The summed E-state index contributed by atoms with van der Waals surface area (Å²) in [6.07, 6.45) is 5.83. The van der Waals surface area contributed by atoms with Crippen molar-refractivity contribution in [2.45, 2.75) is 19.8 Å². The lowest BCUT2D eigenvalue weighted by atomic mass is 9.97. The van der Waals surface area contributed by atoms with Crippen molar-refractivity contribution in [3.8, 4) is 0 Å². The summed E-state index contributed by atoms with van der Waals surface area (Å²) in [7, 11) is 0. The number of hydrogen-bond donors (Lipinski definition) is 3. The van der Waals surface area contributed by atoms with Gasteiger partial charge in [0, 0.05) is 6.54 Å². The van der Waals surface area contributed by atoms with E-state index in [0.717, 1.165) is 24.8 Å². The summed E-state index contributed by atoms with van der Waals surface area (Å²) in [6, 6.07) is 0. The molecule has 0 atom stereocenters. The van der Waals surface area contributed by atoms with Gasteiger partial charge < -0.3 is 15.6 Å². The van der Waals surface area contributed by atoms with E-state index in [1.165, 1.54) is 25.9 Å². The van der Waals surface area contributed by atoms with Crippen molar-refractivity contribution in [3.05, 3.63) is 12.4 Å². The van der Waals surface area contributed by atoms with Gasteiger partial charge in [0.2, 0.25) is 0 Å². The first kappa shape index (κ1) is 13.0. The molecule has 0 aromatic carbocycles. The first-order chi connectivity index (χ1) is 8.81. The molecule has 0 radical (unpaired) electrons. The second-order valence-electron chi connectivity index (χ2n) is 4.69.